The Kier molecular flexibility index (Phi) is 8.65. The maximum absolute atomic E-state index is 14.2. The summed E-state index contributed by atoms with van der Waals surface area (Å²) in [6, 6.07) is 31.0. The first-order chi connectivity index (χ1) is 20.2. The van der Waals surface area contributed by atoms with Crippen LogP contribution in [0.25, 0.3) is 0 Å². The normalized spacial score (nSPS) is 22.0. The van der Waals surface area contributed by atoms with Gasteiger partial charge in [0.2, 0.25) is 11.8 Å². The lowest BCUT2D eigenvalue weighted by atomic mass is 9.76. The van der Waals surface area contributed by atoms with E-state index in [9.17, 15) is 14.4 Å². The van der Waals surface area contributed by atoms with E-state index in [0.717, 1.165) is 16.7 Å². The van der Waals surface area contributed by atoms with Crippen LogP contribution in [0.15, 0.2) is 91.0 Å². The fraction of sp³-hybridized carbons (Fsp3) is 0.417. The molecule has 3 aromatic carbocycles. The Labute approximate surface area is 250 Å². The molecule has 2 amide bonds. The van der Waals surface area contributed by atoms with Gasteiger partial charge in [0.1, 0.15) is 11.8 Å². The average molecular weight is 566 g/mol. The molecule has 6 nitrogen and oxygen atoms in total. The number of amides is 2. The van der Waals surface area contributed by atoms with Gasteiger partial charge in [-0.2, -0.15) is 0 Å². The topological polar surface area (TPSA) is 60.7 Å². The lowest BCUT2D eigenvalue weighted by Crippen LogP contribution is -2.58. The minimum atomic E-state index is -0.612. The quantitative estimate of drug-likeness (QED) is 0.264. The van der Waals surface area contributed by atoms with Crippen molar-refractivity contribution in [1.82, 2.24) is 14.7 Å². The van der Waals surface area contributed by atoms with E-state index >= 15 is 0 Å². The maximum atomic E-state index is 14.2. The molecule has 3 aromatic rings. The van der Waals surface area contributed by atoms with E-state index in [1.54, 1.807) is 6.92 Å². The van der Waals surface area contributed by atoms with Gasteiger partial charge >= 0.3 is 0 Å². The number of Topliss-reactive ketones (excluding diaryl/α,β-unsaturated/α-hetero) is 1. The van der Waals surface area contributed by atoms with Crippen molar-refractivity contribution in [3.8, 4) is 0 Å². The Morgan fingerprint density at radius 3 is 1.62 bits per heavy atom. The second-order valence-corrected chi connectivity index (χ2v) is 12.3. The predicted octanol–water partition coefficient (Wildman–Crippen LogP) is 5.22. The molecule has 2 aliphatic heterocycles. The van der Waals surface area contributed by atoms with E-state index in [1.165, 1.54) is 0 Å². The molecule has 5 rings (SSSR count). The zero-order valence-electron chi connectivity index (χ0n) is 25.4. The maximum Gasteiger partial charge on any atom is 0.241 e. The minimum absolute atomic E-state index is 0.00662. The van der Waals surface area contributed by atoms with E-state index in [0.29, 0.717) is 26.2 Å². The highest BCUT2D eigenvalue weighted by Crippen LogP contribution is 2.48. The molecule has 220 valence electrons. The SMILES string of the molecule is CC(=O)[C@H](C(C)C)C(C)C(=O)N1CCN(C(=O)[C@H]2CN2C(c2ccccc2)(c2ccccc2)c2ccccc2)[C@H](C)C1. The van der Waals surface area contributed by atoms with Crippen LogP contribution in [0.5, 0.6) is 0 Å². The summed E-state index contributed by atoms with van der Waals surface area (Å²) in [6.45, 7) is 11.6. The molecular weight excluding hydrogens is 522 g/mol. The Bertz CT molecular complexity index is 1300. The van der Waals surface area contributed by atoms with Gasteiger partial charge in [-0.3, -0.25) is 19.3 Å². The first kappa shape index (κ1) is 29.7. The summed E-state index contributed by atoms with van der Waals surface area (Å²) in [7, 11) is 0. The van der Waals surface area contributed by atoms with Crippen LogP contribution in [0.2, 0.25) is 0 Å². The Morgan fingerprint density at radius 1 is 0.738 bits per heavy atom. The molecule has 6 heteroatoms. The molecule has 2 heterocycles. The minimum Gasteiger partial charge on any atom is -0.339 e. The predicted molar refractivity (Wildman–Crippen MR) is 166 cm³/mol. The molecule has 2 saturated heterocycles. The van der Waals surface area contributed by atoms with Crippen molar-refractivity contribution < 1.29 is 14.4 Å². The van der Waals surface area contributed by atoms with E-state index in [2.05, 4.69) is 77.7 Å². The molecule has 0 bridgehead atoms. The molecule has 5 atom stereocenters. The van der Waals surface area contributed by atoms with Crippen molar-refractivity contribution in [2.75, 3.05) is 26.2 Å². The Morgan fingerprint density at radius 2 is 1.21 bits per heavy atom. The summed E-state index contributed by atoms with van der Waals surface area (Å²) in [4.78, 5) is 46.0. The molecule has 0 aliphatic carbocycles. The van der Waals surface area contributed by atoms with Crippen LogP contribution in [0, 0.1) is 17.8 Å². The first-order valence-electron chi connectivity index (χ1n) is 15.2. The number of hydrogen-bond donors (Lipinski definition) is 0. The number of ketones is 1. The van der Waals surface area contributed by atoms with E-state index in [4.69, 9.17) is 0 Å². The van der Waals surface area contributed by atoms with Crippen molar-refractivity contribution in [2.45, 2.75) is 52.2 Å². The van der Waals surface area contributed by atoms with Gasteiger partial charge in [-0.15, -0.1) is 0 Å². The van der Waals surface area contributed by atoms with Crippen molar-refractivity contribution in [3.63, 3.8) is 0 Å². The van der Waals surface area contributed by atoms with Crippen molar-refractivity contribution in [3.05, 3.63) is 108 Å². The third-order valence-corrected chi connectivity index (χ3v) is 9.24. The molecule has 2 aliphatic rings. The number of nitrogens with zero attached hydrogens (tertiary/aromatic N) is 3. The van der Waals surface area contributed by atoms with Crippen LogP contribution in [0.3, 0.4) is 0 Å². The third-order valence-electron chi connectivity index (χ3n) is 9.24. The fourth-order valence-electron chi connectivity index (χ4n) is 7.27. The van der Waals surface area contributed by atoms with E-state index in [1.807, 2.05) is 55.7 Å². The number of carbonyl (C=O) groups excluding carboxylic acids is 3. The second-order valence-electron chi connectivity index (χ2n) is 12.3. The van der Waals surface area contributed by atoms with Crippen molar-refractivity contribution in [2.24, 2.45) is 17.8 Å². The smallest absolute Gasteiger partial charge is 0.241 e. The van der Waals surface area contributed by atoms with Crippen LogP contribution in [-0.4, -0.2) is 70.6 Å². The number of carbonyl (C=O) groups is 3. The highest BCUT2D eigenvalue weighted by atomic mass is 16.2. The van der Waals surface area contributed by atoms with Crippen LogP contribution in [0.1, 0.15) is 51.3 Å². The lowest BCUT2D eigenvalue weighted by molar-refractivity contribution is -0.147. The molecule has 0 aromatic heterocycles. The van der Waals surface area contributed by atoms with Gasteiger partial charge in [-0.25, -0.2) is 0 Å². The van der Waals surface area contributed by atoms with Crippen LogP contribution < -0.4 is 0 Å². The summed E-state index contributed by atoms with van der Waals surface area (Å²) < 4.78 is 0. The highest BCUT2D eigenvalue weighted by molar-refractivity contribution is 5.88. The van der Waals surface area contributed by atoms with Gasteiger partial charge in [0, 0.05) is 44.1 Å². The second kappa shape index (κ2) is 12.2. The van der Waals surface area contributed by atoms with E-state index < -0.39 is 5.54 Å². The lowest BCUT2D eigenvalue weighted by Gasteiger charge is -2.42. The van der Waals surface area contributed by atoms with Gasteiger partial charge in [-0.1, -0.05) is 112 Å². The molecule has 0 N–H and O–H groups in total. The summed E-state index contributed by atoms with van der Waals surface area (Å²) in [5.74, 6) is -0.401. The molecule has 0 spiro atoms. The van der Waals surface area contributed by atoms with Gasteiger partial charge in [0.25, 0.3) is 0 Å². The standard InChI is InChI=1S/C36H43N3O3/c1-25(2)33(28(5)40)27(4)34(41)37-21-22-38(26(3)23-37)35(42)32-24-39(32)36(29-15-9-6-10-16-29,30-17-11-7-12-18-30)31-19-13-8-14-20-31/h6-20,25-27,32-33H,21-24H2,1-5H3/t26-,27?,32-,33-,39?/m1/s1. The van der Waals surface area contributed by atoms with Gasteiger partial charge in [-0.05, 0) is 36.5 Å². The van der Waals surface area contributed by atoms with Crippen molar-refractivity contribution >= 4 is 17.6 Å². The summed E-state index contributed by atoms with van der Waals surface area (Å²) in [5, 5.41) is 0. The zero-order valence-corrected chi connectivity index (χ0v) is 25.4. The molecule has 2 unspecified atom stereocenters. The molecule has 0 radical (unpaired) electrons. The first-order valence-corrected chi connectivity index (χ1v) is 15.2. The number of hydrogen-bond acceptors (Lipinski definition) is 4. The van der Waals surface area contributed by atoms with E-state index in [-0.39, 0.29) is 47.4 Å². The zero-order chi connectivity index (χ0) is 30.0. The number of piperazine rings is 1. The Balaban J connectivity index is 1.39. The van der Waals surface area contributed by atoms with Gasteiger partial charge in [0.15, 0.2) is 0 Å². The summed E-state index contributed by atoms with van der Waals surface area (Å²) in [6.07, 6.45) is 0. The summed E-state index contributed by atoms with van der Waals surface area (Å²) >= 11 is 0. The number of benzene rings is 3. The number of rotatable bonds is 9. The summed E-state index contributed by atoms with van der Waals surface area (Å²) in [5.41, 5.74) is 2.76. The third kappa shape index (κ3) is 5.40. The molecule has 2 fully saturated rings. The van der Waals surface area contributed by atoms with Crippen molar-refractivity contribution in [1.29, 1.82) is 0 Å². The van der Waals surface area contributed by atoms with Crippen LogP contribution in [-0.2, 0) is 19.9 Å². The monoisotopic (exact) mass is 565 g/mol. The molecule has 0 saturated carbocycles. The van der Waals surface area contributed by atoms with Crippen LogP contribution >= 0.6 is 0 Å². The van der Waals surface area contributed by atoms with Gasteiger partial charge in [0.05, 0.1) is 5.54 Å². The molecule has 42 heavy (non-hydrogen) atoms. The Hall–Kier alpha value is -3.77. The average Bonchev–Trinajstić information content (AvgIpc) is 3.79. The fourth-order valence-corrected chi connectivity index (χ4v) is 7.27. The van der Waals surface area contributed by atoms with Crippen LogP contribution in [0.4, 0.5) is 0 Å². The molecular formula is C36H43N3O3. The van der Waals surface area contributed by atoms with Gasteiger partial charge < -0.3 is 9.80 Å². The largest absolute Gasteiger partial charge is 0.339 e. The highest BCUT2D eigenvalue weighted by Gasteiger charge is 2.57.